The van der Waals surface area contributed by atoms with E-state index in [-0.39, 0.29) is 16.8 Å². The van der Waals surface area contributed by atoms with E-state index in [4.69, 9.17) is 4.18 Å². The topological polar surface area (TPSA) is 72.4 Å². The van der Waals surface area contributed by atoms with E-state index in [1.165, 1.54) is 18.6 Å². The molecular formula is C18H21N3O3S. The number of benzene rings is 1. The molecule has 7 heteroatoms. The van der Waals surface area contributed by atoms with E-state index >= 15 is 0 Å². The molecule has 1 fully saturated rings. The summed E-state index contributed by atoms with van der Waals surface area (Å²) >= 11 is 0. The molecule has 0 radical (unpaired) electrons. The zero-order valence-corrected chi connectivity index (χ0v) is 15.2. The second kappa shape index (κ2) is 6.07. The number of nitrogens with zero attached hydrogens (tertiary/aromatic N) is 3. The molecule has 132 valence electrons. The van der Waals surface area contributed by atoms with Gasteiger partial charge in [0.2, 0.25) is 5.88 Å². The average molecular weight is 359 g/mol. The molecule has 6 nitrogen and oxygen atoms in total. The van der Waals surface area contributed by atoms with Gasteiger partial charge in [-0.1, -0.05) is 18.2 Å². The van der Waals surface area contributed by atoms with Crippen LogP contribution in [0.5, 0.6) is 5.88 Å². The molecule has 0 saturated carbocycles. The number of piperidine rings is 1. The lowest BCUT2D eigenvalue weighted by Crippen LogP contribution is -2.45. The minimum Gasteiger partial charge on any atom is -0.358 e. The molecule has 4 rings (SSSR count). The highest BCUT2D eigenvalue weighted by molar-refractivity contribution is 7.87. The highest BCUT2D eigenvalue weighted by Crippen LogP contribution is 2.42. The van der Waals surface area contributed by atoms with Crippen molar-refractivity contribution in [3.63, 3.8) is 0 Å². The van der Waals surface area contributed by atoms with Crippen LogP contribution in [0.4, 0.5) is 0 Å². The van der Waals surface area contributed by atoms with Crippen LogP contribution in [0.15, 0.2) is 35.2 Å². The molecule has 1 saturated heterocycles. The number of hydrogen-bond acceptors (Lipinski definition) is 6. The van der Waals surface area contributed by atoms with Crippen LogP contribution in [-0.2, 0) is 16.5 Å². The zero-order valence-electron chi connectivity index (χ0n) is 14.3. The lowest BCUT2D eigenvalue weighted by atomic mass is 9.83. The molecule has 0 aliphatic carbocycles. The van der Waals surface area contributed by atoms with Crippen LogP contribution in [-0.4, -0.2) is 36.4 Å². The van der Waals surface area contributed by atoms with Gasteiger partial charge < -0.3 is 4.18 Å². The summed E-state index contributed by atoms with van der Waals surface area (Å²) in [4.78, 5) is 11.4. The molecule has 0 N–H and O–H groups in total. The zero-order chi connectivity index (χ0) is 17.6. The monoisotopic (exact) mass is 359 g/mol. The van der Waals surface area contributed by atoms with Crippen molar-refractivity contribution in [2.45, 2.75) is 49.6 Å². The Morgan fingerprint density at radius 3 is 2.68 bits per heavy atom. The van der Waals surface area contributed by atoms with Gasteiger partial charge in [-0.3, -0.25) is 4.90 Å². The molecule has 2 unspecified atom stereocenters. The molecule has 1 aromatic carbocycles. The number of likely N-dealkylation sites (N-methyl/N-ethyl adjacent to an activating group) is 1. The first kappa shape index (κ1) is 16.5. The highest BCUT2D eigenvalue weighted by Gasteiger charge is 2.38. The Morgan fingerprint density at radius 2 is 1.92 bits per heavy atom. The minimum absolute atomic E-state index is 0.133. The molecule has 2 aliphatic rings. The van der Waals surface area contributed by atoms with Gasteiger partial charge in [0.25, 0.3) is 0 Å². The molecule has 1 aromatic heterocycles. The first-order chi connectivity index (χ1) is 12.0. The van der Waals surface area contributed by atoms with E-state index in [9.17, 15) is 8.42 Å². The fraction of sp³-hybridized carbons (Fsp3) is 0.444. The predicted octanol–water partition coefficient (Wildman–Crippen LogP) is 2.63. The molecule has 25 heavy (non-hydrogen) atoms. The highest BCUT2D eigenvalue weighted by atomic mass is 32.2. The summed E-state index contributed by atoms with van der Waals surface area (Å²) in [6.45, 7) is 1.77. The summed E-state index contributed by atoms with van der Waals surface area (Å²) < 4.78 is 30.7. The molecule has 0 spiro atoms. The molecule has 2 bridgehead atoms. The van der Waals surface area contributed by atoms with Crippen LogP contribution in [0.2, 0.25) is 0 Å². The van der Waals surface area contributed by atoms with E-state index in [0.717, 1.165) is 30.5 Å². The number of fused-ring (bicyclic) bond motifs is 4. The third kappa shape index (κ3) is 2.91. The maximum Gasteiger partial charge on any atom is 0.340 e. The number of aryl methyl sites for hydroxylation is 1. The summed E-state index contributed by atoms with van der Waals surface area (Å²) in [6, 6.07) is 8.78. The molecule has 2 atom stereocenters. The van der Waals surface area contributed by atoms with Gasteiger partial charge in [0.05, 0.1) is 11.7 Å². The summed E-state index contributed by atoms with van der Waals surface area (Å²) in [7, 11) is -1.78. The first-order valence-corrected chi connectivity index (χ1v) is 9.95. The summed E-state index contributed by atoms with van der Waals surface area (Å²) in [5.74, 6) is 0.728. The standard InChI is InChI=1S/C18H21N3O3S/c1-12-19-17-15(11-13-7-6-10-16(17)21(13)2)18(20-12)24-25(22,23)14-8-4-3-5-9-14/h3-5,8-9,13,16H,6-7,10-11H2,1-2H3. The number of rotatable bonds is 3. The average Bonchev–Trinajstić information content (AvgIpc) is 2.57. The van der Waals surface area contributed by atoms with E-state index in [2.05, 4.69) is 21.9 Å². The second-order valence-electron chi connectivity index (χ2n) is 6.76. The van der Waals surface area contributed by atoms with Gasteiger partial charge in [0, 0.05) is 11.6 Å². The van der Waals surface area contributed by atoms with Gasteiger partial charge in [0.15, 0.2) is 0 Å². The van der Waals surface area contributed by atoms with Gasteiger partial charge >= 0.3 is 10.1 Å². The lowest BCUT2D eigenvalue weighted by molar-refractivity contribution is 0.0952. The first-order valence-electron chi connectivity index (χ1n) is 8.54. The molecule has 2 aliphatic heterocycles. The quantitative estimate of drug-likeness (QED) is 0.785. The Kier molecular flexibility index (Phi) is 4.00. The molecule has 3 heterocycles. The fourth-order valence-electron chi connectivity index (χ4n) is 3.89. The number of hydrogen-bond donors (Lipinski definition) is 0. The minimum atomic E-state index is -3.90. The maximum absolute atomic E-state index is 12.6. The Balaban J connectivity index is 1.77. The van der Waals surface area contributed by atoms with Gasteiger partial charge in [-0.25, -0.2) is 4.98 Å². The summed E-state index contributed by atoms with van der Waals surface area (Å²) in [5.41, 5.74) is 1.77. The normalized spacial score (nSPS) is 23.1. The van der Waals surface area contributed by atoms with Gasteiger partial charge in [0.1, 0.15) is 10.7 Å². The largest absolute Gasteiger partial charge is 0.358 e. The summed E-state index contributed by atoms with van der Waals surface area (Å²) in [5, 5.41) is 0. The molecular weight excluding hydrogens is 338 g/mol. The van der Waals surface area contributed by atoms with Crippen LogP contribution in [0.25, 0.3) is 0 Å². The SMILES string of the molecule is Cc1nc(OS(=O)(=O)c2ccccc2)c2c(n1)C1CCCC(C2)N1C. The smallest absolute Gasteiger partial charge is 0.340 e. The van der Waals surface area contributed by atoms with Crippen molar-refractivity contribution in [3.05, 3.63) is 47.4 Å². The third-order valence-electron chi connectivity index (χ3n) is 5.17. The van der Waals surface area contributed by atoms with Crippen LogP contribution < -0.4 is 4.18 Å². The van der Waals surface area contributed by atoms with Crippen molar-refractivity contribution in [2.75, 3.05) is 7.05 Å². The van der Waals surface area contributed by atoms with E-state index in [1.807, 2.05) is 0 Å². The van der Waals surface area contributed by atoms with E-state index in [0.29, 0.717) is 11.9 Å². The molecule has 2 aromatic rings. The Morgan fingerprint density at radius 1 is 1.16 bits per heavy atom. The van der Waals surface area contributed by atoms with Gasteiger partial charge in [-0.15, -0.1) is 0 Å². The Bertz CT molecular complexity index is 899. The second-order valence-corrected chi connectivity index (χ2v) is 8.31. The fourth-order valence-corrected chi connectivity index (χ4v) is 4.82. The van der Waals surface area contributed by atoms with Crippen LogP contribution in [0.1, 0.15) is 42.4 Å². The number of aromatic nitrogens is 2. The van der Waals surface area contributed by atoms with Crippen molar-refractivity contribution in [1.29, 1.82) is 0 Å². The summed E-state index contributed by atoms with van der Waals surface area (Å²) in [6.07, 6.45) is 4.02. The maximum atomic E-state index is 12.6. The van der Waals surface area contributed by atoms with Crippen molar-refractivity contribution < 1.29 is 12.6 Å². The van der Waals surface area contributed by atoms with Crippen molar-refractivity contribution >= 4 is 10.1 Å². The Labute approximate surface area is 148 Å². The Hall–Kier alpha value is -1.99. The van der Waals surface area contributed by atoms with Gasteiger partial charge in [-0.2, -0.15) is 13.4 Å². The molecule has 0 amide bonds. The van der Waals surface area contributed by atoms with Crippen LogP contribution >= 0.6 is 0 Å². The van der Waals surface area contributed by atoms with Crippen molar-refractivity contribution in [1.82, 2.24) is 14.9 Å². The van der Waals surface area contributed by atoms with E-state index in [1.54, 1.807) is 25.1 Å². The third-order valence-corrected chi connectivity index (χ3v) is 6.40. The predicted molar refractivity (Wildman–Crippen MR) is 92.9 cm³/mol. The van der Waals surface area contributed by atoms with Crippen LogP contribution in [0.3, 0.4) is 0 Å². The van der Waals surface area contributed by atoms with Crippen molar-refractivity contribution in [2.24, 2.45) is 0 Å². The van der Waals surface area contributed by atoms with Gasteiger partial charge in [-0.05, 0) is 51.8 Å². The van der Waals surface area contributed by atoms with E-state index < -0.39 is 10.1 Å². The van der Waals surface area contributed by atoms with Crippen LogP contribution in [0, 0.1) is 6.92 Å². The lowest BCUT2D eigenvalue weighted by Gasteiger charge is -2.44. The van der Waals surface area contributed by atoms with Crippen molar-refractivity contribution in [3.8, 4) is 5.88 Å².